The zero-order valence-electron chi connectivity index (χ0n) is 12.5. The van der Waals surface area contributed by atoms with Crippen LogP contribution in [0.15, 0.2) is 6.33 Å². The Bertz CT molecular complexity index is 516. The van der Waals surface area contributed by atoms with E-state index in [0.717, 1.165) is 0 Å². The summed E-state index contributed by atoms with van der Waals surface area (Å²) in [6.45, 7) is 9.84. The summed E-state index contributed by atoms with van der Waals surface area (Å²) in [5.74, 6) is 0.780. The molecule has 1 aromatic heterocycles. The lowest BCUT2D eigenvalue weighted by molar-refractivity contribution is 0.284. The van der Waals surface area contributed by atoms with Crippen LogP contribution in [0.2, 0.25) is 0 Å². The van der Waals surface area contributed by atoms with Crippen LogP contribution in [0.4, 0.5) is 0 Å². The number of nitrogens with one attached hydrogen (secondary N) is 1. The Kier molecular flexibility index (Phi) is 4.73. The molecule has 0 radical (unpaired) electrons. The van der Waals surface area contributed by atoms with Gasteiger partial charge in [-0.2, -0.15) is 0 Å². The highest BCUT2D eigenvalue weighted by Crippen LogP contribution is 2.26. The number of sulfonamides is 1. The number of rotatable bonds is 5. The Morgan fingerprint density at radius 1 is 1.37 bits per heavy atom. The Morgan fingerprint density at radius 2 is 1.95 bits per heavy atom. The quantitative estimate of drug-likeness (QED) is 0.890. The van der Waals surface area contributed by atoms with Crippen LogP contribution >= 0.6 is 0 Å². The van der Waals surface area contributed by atoms with Crippen molar-refractivity contribution in [1.29, 1.82) is 0 Å². The molecule has 0 aliphatic heterocycles. The molecule has 19 heavy (non-hydrogen) atoms. The summed E-state index contributed by atoms with van der Waals surface area (Å²) in [7, 11) is -1.55. The molecule has 0 aromatic carbocycles. The smallest absolute Gasteiger partial charge is 0.212 e. The lowest BCUT2D eigenvalue weighted by Gasteiger charge is -2.27. The second-order valence-electron chi connectivity index (χ2n) is 6.19. The maximum Gasteiger partial charge on any atom is 0.212 e. The first kappa shape index (κ1) is 16.1. The SMILES string of the molecule is CC(NS(=O)(=O)CC(C)C(C)(C)C)c1nncn1C. The maximum absolute atomic E-state index is 12.1. The van der Waals surface area contributed by atoms with Crippen molar-refractivity contribution in [2.75, 3.05) is 5.75 Å². The predicted octanol–water partition coefficient (Wildman–Crippen LogP) is 1.48. The van der Waals surface area contributed by atoms with Crippen molar-refractivity contribution in [1.82, 2.24) is 19.5 Å². The molecule has 110 valence electrons. The second-order valence-corrected chi connectivity index (χ2v) is 7.99. The van der Waals surface area contributed by atoms with Crippen molar-refractivity contribution in [2.45, 2.75) is 40.7 Å². The Labute approximate surface area is 115 Å². The molecule has 1 heterocycles. The monoisotopic (exact) mass is 288 g/mol. The molecule has 0 saturated carbocycles. The van der Waals surface area contributed by atoms with Gasteiger partial charge in [0.25, 0.3) is 0 Å². The van der Waals surface area contributed by atoms with Gasteiger partial charge in [-0.25, -0.2) is 13.1 Å². The van der Waals surface area contributed by atoms with E-state index in [1.54, 1.807) is 24.9 Å². The van der Waals surface area contributed by atoms with Crippen LogP contribution in [-0.4, -0.2) is 28.9 Å². The standard InChI is InChI=1S/C12H24N4O2S/c1-9(12(3,4)5)7-19(17,18)15-10(2)11-14-13-8-16(11)6/h8-10,15H,7H2,1-6H3. The van der Waals surface area contributed by atoms with Gasteiger partial charge < -0.3 is 4.57 Å². The number of aromatic nitrogens is 3. The molecule has 0 aliphatic carbocycles. The minimum Gasteiger partial charge on any atom is -0.319 e. The highest BCUT2D eigenvalue weighted by Gasteiger charge is 2.27. The van der Waals surface area contributed by atoms with Crippen molar-refractivity contribution in [3.8, 4) is 0 Å². The van der Waals surface area contributed by atoms with Crippen LogP contribution in [0.1, 0.15) is 46.5 Å². The number of nitrogens with zero attached hydrogens (tertiary/aromatic N) is 3. The van der Waals surface area contributed by atoms with Gasteiger partial charge in [-0.3, -0.25) is 0 Å². The molecule has 6 nitrogen and oxygen atoms in total. The van der Waals surface area contributed by atoms with Gasteiger partial charge in [-0.15, -0.1) is 10.2 Å². The van der Waals surface area contributed by atoms with Gasteiger partial charge >= 0.3 is 0 Å². The topological polar surface area (TPSA) is 76.9 Å². The third-order valence-electron chi connectivity index (χ3n) is 3.44. The van der Waals surface area contributed by atoms with E-state index in [0.29, 0.717) is 5.82 Å². The predicted molar refractivity (Wildman–Crippen MR) is 75.0 cm³/mol. The van der Waals surface area contributed by atoms with Gasteiger partial charge in [0, 0.05) is 7.05 Å². The molecule has 0 saturated heterocycles. The van der Waals surface area contributed by atoms with Crippen LogP contribution in [-0.2, 0) is 17.1 Å². The van der Waals surface area contributed by atoms with E-state index in [4.69, 9.17) is 0 Å². The summed E-state index contributed by atoms with van der Waals surface area (Å²) in [6.07, 6.45) is 1.55. The van der Waals surface area contributed by atoms with E-state index < -0.39 is 10.0 Å². The third-order valence-corrected chi connectivity index (χ3v) is 5.09. The van der Waals surface area contributed by atoms with Crippen molar-refractivity contribution < 1.29 is 8.42 Å². The molecule has 1 N–H and O–H groups in total. The largest absolute Gasteiger partial charge is 0.319 e. The van der Waals surface area contributed by atoms with Crippen LogP contribution in [0, 0.1) is 11.3 Å². The normalized spacial score (nSPS) is 16.3. The van der Waals surface area contributed by atoms with Gasteiger partial charge in [-0.05, 0) is 18.3 Å². The van der Waals surface area contributed by atoms with Crippen molar-refractivity contribution in [2.24, 2.45) is 18.4 Å². The molecular weight excluding hydrogens is 264 g/mol. The fourth-order valence-electron chi connectivity index (χ4n) is 1.63. The van der Waals surface area contributed by atoms with E-state index in [9.17, 15) is 8.42 Å². The molecule has 0 aliphatic rings. The van der Waals surface area contributed by atoms with Gasteiger partial charge in [0.05, 0.1) is 11.8 Å². The van der Waals surface area contributed by atoms with Gasteiger partial charge in [-0.1, -0.05) is 27.7 Å². The third kappa shape index (κ3) is 4.58. The Morgan fingerprint density at radius 3 is 2.37 bits per heavy atom. The number of hydrogen-bond donors (Lipinski definition) is 1. The lowest BCUT2D eigenvalue weighted by atomic mass is 9.83. The van der Waals surface area contributed by atoms with E-state index in [-0.39, 0.29) is 23.1 Å². The molecule has 0 amide bonds. The molecule has 7 heteroatoms. The highest BCUT2D eigenvalue weighted by molar-refractivity contribution is 7.89. The first-order valence-corrected chi connectivity index (χ1v) is 8.02. The van der Waals surface area contributed by atoms with Crippen LogP contribution < -0.4 is 4.72 Å². The molecule has 2 unspecified atom stereocenters. The summed E-state index contributed by atoms with van der Waals surface area (Å²) < 4.78 is 28.6. The molecule has 1 rings (SSSR count). The van der Waals surface area contributed by atoms with Crippen molar-refractivity contribution >= 4 is 10.0 Å². The molecule has 0 bridgehead atoms. The van der Waals surface area contributed by atoms with E-state index >= 15 is 0 Å². The second kappa shape index (κ2) is 5.58. The Hall–Kier alpha value is -0.950. The van der Waals surface area contributed by atoms with E-state index in [1.807, 2.05) is 27.7 Å². The average Bonchev–Trinajstić information content (AvgIpc) is 2.61. The van der Waals surface area contributed by atoms with Gasteiger partial charge in [0.1, 0.15) is 12.2 Å². The zero-order valence-corrected chi connectivity index (χ0v) is 13.3. The number of aryl methyl sites for hydroxylation is 1. The zero-order chi connectivity index (χ0) is 14.8. The summed E-state index contributed by atoms with van der Waals surface area (Å²) >= 11 is 0. The van der Waals surface area contributed by atoms with Crippen molar-refractivity contribution in [3.63, 3.8) is 0 Å². The lowest BCUT2D eigenvalue weighted by Crippen LogP contribution is -2.35. The average molecular weight is 288 g/mol. The summed E-state index contributed by atoms with van der Waals surface area (Å²) in [6, 6.07) is -0.385. The number of hydrogen-bond acceptors (Lipinski definition) is 4. The highest BCUT2D eigenvalue weighted by atomic mass is 32.2. The van der Waals surface area contributed by atoms with Crippen LogP contribution in [0.3, 0.4) is 0 Å². The van der Waals surface area contributed by atoms with Gasteiger partial charge in [0.2, 0.25) is 10.0 Å². The first-order chi connectivity index (χ1) is 8.53. The fourth-order valence-corrected chi connectivity index (χ4v) is 3.53. The van der Waals surface area contributed by atoms with Crippen molar-refractivity contribution in [3.05, 3.63) is 12.2 Å². The molecule has 1 aromatic rings. The summed E-state index contributed by atoms with van der Waals surface area (Å²) in [4.78, 5) is 0. The van der Waals surface area contributed by atoms with E-state index in [2.05, 4.69) is 14.9 Å². The molecule has 2 atom stereocenters. The minimum absolute atomic E-state index is 0.0389. The molecular formula is C12H24N4O2S. The fraction of sp³-hybridized carbons (Fsp3) is 0.833. The first-order valence-electron chi connectivity index (χ1n) is 6.37. The maximum atomic E-state index is 12.1. The Balaban J connectivity index is 2.73. The summed E-state index contributed by atoms with van der Waals surface area (Å²) in [5, 5.41) is 7.66. The van der Waals surface area contributed by atoms with Crippen LogP contribution in [0.25, 0.3) is 0 Å². The molecule has 0 spiro atoms. The summed E-state index contributed by atoms with van der Waals surface area (Å²) in [5.41, 5.74) is -0.0389. The molecule has 0 fully saturated rings. The van der Waals surface area contributed by atoms with E-state index in [1.165, 1.54) is 0 Å². The van der Waals surface area contributed by atoms with Gasteiger partial charge in [0.15, 0.2) is 0 Å². The van der Waals surface area contributed by atoms with Crippen LogP contribution in [0.5, 0.6) is 0 Å². The minimum atomic E-state index is -3.34.